The van der Waals surface area contributed by atoms with Crippen LogP contribution in [-0.4, -0.2) is 43.1 Å². The molecule has 6 heteroatoms. The van der Waals surface area contributed by atoms with Crippen molar-refractivity contribution >= 4 is 5.91 Å². The summed E-state index contributed by atoms with van der Waals surface area (Å²) in [4.78, 5) is 20.4. The van der Waals surface area contributed by atoms with Crippen molar-refractivity contribution in [2.24, 2.45) is 0 Å². The fourth-order valence-electron chi connectivity index (χ4n) is 4.84. The average molecular weight is 474 g/mol. The molecule has 1 aromatic heterocycles. The predicted octanol–water partition coefficient (Wildman–Crippen LogP) is 5.03. The van der Waals surface area contributed by atoms with Crippen molar-refractivity contribution in [3.8, 4) is 11.5 Å². The minimum absolute atomic E-state index is 0.0562. The largest absolute Gasteiger partial charge is 0.493 e. The maximum absolute atomic E-state index is 13.2. The molecule has 1 saturated heterocycles. The van der Waals surface area contributed by atoms with Gasteiger partial charge in [-0.05, 0) is 69.1 Å². The van der Waals surface area contributed by atoms with Crippen LogP contribution in [0.4, 0.5) is 0 Å². The Morgan fingerprint density at radius 1 is 0.971 bits per heavy atom. The molecule has 0 unspecified atom stereocenters. The first kappa shape index (κ1) is 24.7. The SMILES string of the molecule is COc1cccc(CN2CCC(c3nc(C)ccc3C(=O)NCc3ccccc3C)CC2)c1OC. The van der Waals surface area contributed by atoms with Crippen LogP contribution < -0.4 is 14.8 Å². The second-order valence-electron chi connectivity index (χ2n) is 9.20. The number of para-hydroxylation sites is 1. The summed E-state index contributed by atoms with van der Waals surface area (Å²) >= 11 is 0. The van der Waals surface area contributed by atoms with Crippen molar-refractivity contribution in [3.05, 3.63) is 88.2 Å². The van der Waals surface area contributed by atoms with Gasteiger partial charge in [0.15, 0.2) is 11.5 Å². The molecule has 0 spiro atoms. The lowest BCUT2D eigenvalue weighted by molar-refractivity contribution is 0.0948. The predicted molar refractivity (Wildman–Crippen MR) is 138 cm³/mol. The van der Waals surface area contributed by atoms with Crippen molar-refractivity contribution in [2.75, 3.05) is 27.3 Å². The molecule has 2 heterocycles. The van der Waals surface area contributed by atoms with Crippen LogP contribution in [0.1, 0.15) is 57.2 Å². The minimum atomic E-state index is -0.0562. The molecule has 6 nitrogen and oxygen atoms in total. The zero-order chi connectivity index (χ0) is 24.8. The fraction of sp³-hybridized carbons (Fsp3) is 0.379. The van der Waals surface area contributed by atoms with Crippen molar-refractivity contribution < 1.29 is 14.3 Å². The van der Waals surface area contributed by atoms with Crippen molar-refractivity contribution in [1.29, 1.82) is 0 Å². The van der Waals surface area contributed by atoms with Crippen LogP contribution in [0.2, 0.25) is 0 Å². The molecule has 0 bridgehead atoms. The highest BCUT2D eigenvalue weighted by Gasteiger charge is 2.26. The summed E-state index contributed by atoms with van der Waals surface area (Å²) in [6.45, 7) is 7.24. The van der Waals surface area contributed by atoms with Crippen molar-refractivity contribution in [3.63, 3.8) is 0 Å². The number of carbonyl (C=O) groups excluding carboxylic acids is 1. The van der Waals surface area contributed by atoms with E-state index in [0.29, 0.717) is 12.1 Å². The molecule has 1 aliphatic heterocycles. The summed E-state index contributed by atoms with van der Waals surface area (Å²) in [7, 11) is 3.35. The third kappa shape index (κ3) is 5.82. The second kappa shape index (κ2) is 11.4. The molecule has 1 fully saturated rings. The highest BCUT2D eigenvalue weighted by molar-refractivity contribution is 5.95. The molecule has 0 aliphatic carbocycles. The molecule has 1 amide bonds. The molecular weight excluding hydrogens is 438 g/mol. The van der Waals surface area contributed by atoms with E-state index in [2.05, 4.69) is 35.3 Å². The second-order valence-corrected chi connectivity index (χ2v) is 9.20. The molecular formula is C29H35N3O3. The highest BCUT2D eigenvalue weighted by Crippen LogP contribution is 2.34. The summed E-state index contributed by atoms with van der Waals surface area (Å²) < 4.78 is 11.1. The number of likely N-dealkylation sites (tertiary alicyclic amines) is 1. The van der Waals surface area contributed by atoms with Gasteiger partial charge in [0.1, 0.15) is 0 Å². The van der Waals surface area contributed by atoms with E-state index in [4.69, 9.17) is 14.5 Å². The fourth-order valence-corrected chi connectivity index (χ4v) is 4.84. The summed E-state index contributed by atoms with van der Waals surface area (Å²) in [5, 5.41) is 3.10. The number of pyridine rings is 1. The van der Waals surface area contributed by atoms with Gasteiger partial charge in [0.2, 0.25) is 0 Å². The molecule has 35 heavy (non-hydrogen) atoms. The third-order valence-corrected chi connectivity index (χ3v) is 6.86. The van der Waals surface area contributed by atoms with Crippen molar-refractivity contribution in [2.45, 2.75) is 45.7 Å². The molecule has 3 aromatic rings. The van der Waals surface area contributed by atoms with Gasteiger partial charge in [-0.3, -0.25) is 14.7 Å². The van der Waals surface area contributed by atoms with Gasteiger partial charge in [0.25, 0.3) is 5.91 Å². The molecule has 4 rings (SSSR count). The Balaban J connectivity index is 1.43. The number of methoxy groups -OCH3 is 2. The summed E-state index contributed by atoms with van der Waals surface area (Å²) in [5.41, 5.74) is 5.98. The van der Waals surface area contributed by atoms with Crippen LogP contribution in [0.3, 0.4) is 0 Å². The number of hydrogen-bond acceptors (Lipinski definition) is 5. The number of piperidine rings is 1. The van der Waals surface area contributed by atoms with E-state index in [1.54, 1.807) is 14.2 Å². The number of benzene rings is 2. The lowest BCUT2D eigenvalue weighted by Gasteiger charge is -2.32. The number of rotatable bonds is 8. The molecule has 1 N–H and O–H groups in total. The number of aromatic nitrogens is 1. The minimum Gasteiger partial charge on any atom is -0.493 e. The Morgan fingerprint density at radius 3 is 2.43 bits per heavy atom. The molecule has 1 aliphatic rings. The van der Waals surface area contributed by atoms with Crippen LogP contribution in [0, 0.1) is 13.8 Å². The van der Waals surface area contributed by atoms with Gasteiger partial charge in [-0.15, -0.1) is 0 Å². The number of nitrogens with zero attached hydrogens (tertiary/aromatic N) is 2. The first-order valence-corrected chi connectivity index (χ1v) is 12.2. The van der Waals surface area contributed by atoms with E-state index in [1.807, 2.05) is 43.3 Å². The highest BCUT2D eigenvalue weighted by atomic mass is 16.5. The van der Waals surface area contributed by atoms with Crippen LogP contribution in [0.15, 0.2) is 54.6 Å². The first-order chi connectivity index (χ1) is 17.0. The van der Waals surface area contributed by atoms with Gasteiger partial charge in [-0.1, -0.05) is 36.4 Å². The molecule has 0 saturated carbocycles. The average Bonchev–Trinajstić information content (AvgIpc) is 2.88. The zero-order valence-electron chi connectivity index (χ0n) is 21.1. The van der Waals surface area contributed by atoms with E-state index < -0.39 is 0 Å². The van der Waals surface area contributed by atoms with E-state index in [-0.39, 0.29) is 11.8 Å². The van der Waals surface area contributed by atoms with E-state index >= 15 is 0 Å². The summed E-state index contributed by atoms with van der Waals surface area (Å²) in [5.74, 6) is 1.76. The van der Waals surface area contributed by atoms with Gasteiger partial charge in [-0.25, -0.2) is 0 Å². The number of amides is 1. The normalized spacial score (nSPS) is 14.5. The lowest BCUT2D eigenvalue weighted by atomic mass is 9.89. The quantitative estimate of drug-likeness (QED) is 0.497. The maximum Gasteiger partial charge on any atom is 0.253 e. The van der Waals surface area contributed by atoms with Crippen LogP contribution in [-0.2, 0) is 13.1 Å². The smallest absolute Gasteiger partial charge is 0.253 e. The summed E-state index contributed by atoms with van der Waals surface area (Å²) in [6.07, 6.45) is 1.92. The van der Waals surface area contributed by atoms with Gasteiger partial charge in [-0.2, -0.15) is 0 Å². The van der Waals surface area contributed by atoms with E-state index in [0.717, 1.165) is 66.5 Å². The number of hydrogen-bond donors (Lipinski definition) is 1. The Kier molecular flexibility index (Phi) is 8.03. The number of aryl methyl sites for hydroxylation is 2. The maximum atomic E-state index is 13.2. The summed E-state index contributed by atoms with van der Waals surface area (Å²) in [6, 6.07) is 18.0. The Bertz CT molecular complexity index is 1170. The van der Waals surface area contributed by atoms with Gasteiger partial charge in [0, 0.05) is 30.3 Å². The van der Waals surface area contributed by atoms with Crippen molar-refractivity contribution in [1.82, 2.24) is 15.2 Å². The van der Waals surface area contributed by atoms with Gasteiger partial charge in [0.05, 0.1) is 25.5 Å². The molecule has 184 valence electrons. The number of ether oxygens (including phenoxy) is 2. The number of carbonyl (C=O) groups is 1. The molecule has 2 aromatic carbocycles. The molecule has 0 radical (unpaired) electrons. The number of nitrogens with one attached hydrogen (secondary N) is 1. The molecule has 0 atom stereocenters. The van der Waals surface area contributed by atoms with Crippen LogP contribution in [0.25, 0.3) is 0 Å². The first-order valence-electron chi connectivity index (χ1n) is 12.2. The van der Waals surface area contributed by atoms with E-state index in [9.17, 15) is 4.79 Å². The standard InChI is InChI=1S/C29H35N3O3/c1-20-8-5-6-9-23(20)18-30-29(33)25-13-12-21(2)31-27(25)22-14-16-32(17-15-22)19-24-10-7-11-26(34-3)28(24)35-4/h5-13,22H,14-19H2,1-4H3,(H,30,33). The Labute approximate surface area is 208 Å². The Morgan fingerprint density at radius 2 is 1.71 bits per heavy atom. The van der Waals surface area contributed by atoms with Gasteiger partial charge < -0.3 is 14.8 Å². The van der Waals surface area contributed by atoms with E-state index in [1.165, 1.54) is 5.56 Å². The third-order valence-electron chi connectivity index (χ3n) is 6.86. The lowest BCUT2D eigenvalue weighted by Crippen LogP contribution is -2.34. The van der Waals surface area contributed by atoms with Gasteiger partial charge >= 0.3 is 0 Å². The zero-order valence-corrected chi connectivity index (χ0v) is 21.1. The van der Waals surface area contributed by atoms with Crippen LogP contribution in [0.5, 0.6) is 11.5 Å². The Hall–Kier alpha value is -3.38. The monoisotopic (exact) mass is 473 g/mol. The van der Waals surface area contributed by atoms with Crippen LogP contribution >= 0.6 is 0 Å². The topological polar surface area (TPSA) is 63.7 Å².